The third-order valence-corrected chi connectivity index (χ3v) is 5.48. The molecule has 0 radical (unpaired) electrons. The second kappa shape index (κ2) is 8.93. The van der Waals surface area contributed by atoms with Gasteiger partial charge in [-0.3, -0.25) is 0 Å². The van der Waals surface area contributed by atoms with Gasteiger partial charge < -0.3 is 25.1 Å². The lowest BCUT2D eigenvalue weighted by Crippen LogP contribution is -2.44. The normalized spacial score (nSPS) is 22.2. The van der Waals surface area contributed by atoms with E-state index in [1.54, 1.807) is 0 Å². The molecule has 3 rings (SSSR count). The van der Waals surface area contributed by atoms with Crippen LogP contribution in [0.4, 0.5) is 5.69 Å². The summed E-state index contributed by atoms with van der Waals surface area (Å²) in [5, 5.41) is 13.9. The van der Waals surface area contributed by atoms with Gasteiger partial charge in [-0.2, -0.15) is 0 Å². The Kier molecular flexibility index (Phi) is 6.62. The maximum Gasteiger partial charge on any atom is 0.194 e. The number of hydrogen-bond acceptors (Lipinski definition) is 4. The van der Waals surface area contributed by atoms with E-state index in [0.29, 0.717) is 13.1 Å². The number of guanidine groups is 1. The first kappa shape index (κ1) is 19.3. The first-order valence-corrected chi connectivity index (χ1v) is 9.88. The van der Waals surface area contributed by atoms with Gasteiger partial charge in [0.15, 0.2) is 5.96 Å². The van der Waals surface area contributed by atoms with E-state index in [9.17, 15) is 5.11 Å². The number of nitrogens with zero attached hydrogens (tertiary/aromatic N) is 4. The Morgan fingerprint density at radius 1 is 1.27 bits per heavy atom. The molecule has 0 aliphatic carbocycles. The highest BCUT2D eigenvalue weighted by atomic mass is 35.5. The number of likely N-dealkylation sites (tertiary alicyclic amines) is 1. The molecule has 6 nitrogen and oxygen atoms in total. The van der Waals surface area contributed by atoms with Gasteiger partial charge in [-0.05, 0) is 32.5 Å². The average molecular weight is 380 g/mol. The van der Waals surface area contributed by atoms with Crippen LogP contribution in [0, 0.1) is 0 Å². The Morgan fingerprint density at radius 3 is 2.69 bits per heavy atom. The molecule has 0 unspecified atom stereocenters. The standard InChI is InChI=1S/C19H30ClN5O/c1-3-21-19(25-8-7-15(26)14-25)22-13-16-17(20)5-4-6-18(16)24-11-9-23(2)10-12-24/h4-6,15,26H,3,7-14H2,1-2H3,(H,21,22)/t15-/m1/s1. The summed E-state index contributed by atoms with van der Waals surface area (Å²) in [4.78, 5) is 11.7. The molecule has 2 aliphatic heterocycles. The number of hydrogen-bond donors (Lipinski definition) is 2. The van der Waals surface area contributed by atoms with Crippen molar-refractivity contribution in [2.45, 2.75) is 26.0 Å². The number of likely N-dealkylation sites (N-methyl/N-ethyl adjacent to an activating group) is 1. The molecule has 1 aromatic rings. The summed E-state index contributed by atoms with van der Waals surface area (Å²) >= 11 is 6.54. The maximum absolute atomic E-state index is 9.83. The zero-order chi connectivity index (χ0) is 18.5. The van der Waals surface area contributed by atoms with E-state index in [1.807, 2.05) is 12.1 Å². The molecule has 2 aliphatic rings. The molecule has 0 aromatic heterocycles. The Hall–Kier alpha value is -1.50. The minimum Gasteiger partial charge on any atom is -0.391 e. The van der Waals surface area contributed by atoms with Crippen LogP contribution in [0.5, 0.6) is 0 Å². The van der Waals surface area contributed by atoms with Gasteiger partial charge in [0, 0.05) is 62.1 Å². The number of halogens is 1. The predicted molar refractivity (Wildman–Crippen MR) is 108 cm³/mol. The molecule has 0 spiro atoms. The van der Waals surface area contributed by atoms with E-state index < -0.39 is 0 Å². The largest absolute Gasteiger partial charge is 0.391 e. The number of aliphatic hydroxyl groups is 1. The number of piperazine rings is 1. The van der Waals surface area contributed by atoms with E-state index in [4.69, 9.17) is 16.6 Å². The SMILES string of the molecule is CCNC(=NCc1c(Cl)cccc1N1CCN(C)CC1)N1CC[C@@H](O)C1. The van der Waals surface area contributed by atoms with E-state index in [1.165, 1.54) is 5.69 Å². The summed E-state index contributed by atoms with van der Waals surface area (Å²) in [6, 6.07) is 6.11. The number of aliphatic imine (C=N–C) groups is 1. The van der Waals surface area contributed by atoms with Crippen LogP contribution in [0.2, 0.25) is 5.02 Å². The Labute approximate surface area is 161 Å². The van der Waals surface area contributed by atoms with Crippen LogP contribution in [0.3, 0.4) is 0 Å². The van der Waals surface area contributed by atoms with Gasteiger partial charge >= 0.3 is 0 Å². The zero-order valence-electron chi connectivity index (χ0n) is 15.8. The van der Waals surface area contributed by atoms with Crippen LogP contribution in [0.15, 0.2) is 23.2 Å². The highest BCUT2D eigenvalue weighted by Gasteiger charge is 2.23. The van der Waals surface area contributed by atoms with E-state index in [-0.39, 0.29) is 6.10 Å². The fourth-order valence-corrected chi connectivity index (χ4v) is 3.79. The van der Waals surface area contributed by atoms with Gasteiger partial charge in [-0.15, -0.1) is 0 Å². The molecule has 1 aromatic carbocycles. The molecule has 1 atom stereocenters. The first-order valence-electron chi connectivity index (χ1n) is 9.50. The number of anilines is 1. The van der Waals surface area contributed by atoms with Crippen LogP contribution in [-0.2, 0) is 6.54 Å². The van der Waals surface area contributed by atoms with Crippen LogP contribution in [-0.4, -0.2) is 79.8 Å². The second-order valence-electron chi connectivity index (χ2n) is 7.09. The van der Waals surface area contributed by atoms with Crippen molar-refractivity contribution in [2.75, 3.05) is 57.8 Å². The molecule has 144 valence electrons. The fraction of sp³-hybridized carbons (Fsp3) is 0.632. The molecule has 0 bridgehead atoms. The van der Waals surface area contributed by atoms with Gasteiger partial charge in [0.05, 0.1) is 12.6 Å². The van der Waals surface area contributed by atoms with Crippen LogP contribution < -0.4 is 10.2 Å². The minimum atomic E-state index is -0.264. The van der Waals surface area contributed by atoms with Crippen molar-refractivity contribution in [1.29, 1.82) is 0 Å². The van der Waals surface area contributed by atoms with Gasteiger partial charge in [-0.25, -0.2) is 4.99 Å². The van der Waals surface area contributed by atoms with Crippen LogP contribution in [0.25, 0.3) is 0 Å². The third kappa shape index (κ3) is 4.61. The lowest BCUT2D eigenvalue weighted by molar-refractivity contribution is 0.188. The Morgan fingerprint density at radius 2 is 2.04 bits per heavy atom. The monoisotopic (exact) mass is 379 g/mol. The Bertz CT molecular complexity index is 630. The van der Waals surface area contributed by atoms with Crippen molar-refractivity contribution in [3.05, 3.63) is 28.8 Å². The molecule has 0 amide bonds. The van der Waals surface area contributed by atoms with Crippen LogP contribution in [0.1, 0.15) is 18.9 Å². The third-order valence-electron chi connectivity index (χ3n) is 5.12. The van der Waals surface area contributed by atoms with Crippen molar-refractivity contribution in [3.63, 3.8) is 0 Å². The van der Waals surface area contributed by atoms with E-state index in [0.717, 1.165) is 62.2 Å². The van der Waals surface area contributed by atoms with Crippen molar-refractivity contribution in [2.24, 2.45) is 4.99 Å². The van der Waals surface area contributed by atoms with Crippen molar-refractivity contribution in [3.8, 4) is 0 Å². The highest BCUT2D eigenvalue weighted by molar-refractivity contribution is 6.31. The fourth-order valence-electron chi connectivity index (χ4n) is 3.56. The molecular weight excluding hydrogens is 350 g/mol. The number of rotatable bonds is 4. The van der Waals surface area contributed by atoms with Crippen molar-refractivity contribution < 1.29 is 5.11 Å². The molecule has 26 heavy (non-hydrogen) atoms. The summed E-state index contributed by atoms with van der Waals surface area (Å²) in [7, 11) is 2.16. The Balaban J connectivity index is 1.79. The molecule has 2 heterocycles. The lowest BCUT2D eigenvalue weighted by Gasteiger charge is -2.35. The topological polar surface area (TPSA) is 54.3 Å². The van der Waals surface area contributed by atoms with E-state index >= 15 is 0 Å². The van der Waals surface area contributed by atoms with Gasteiger partial charge in [0.1, 0.15) is 0 Å². The number of nitrogens with one attached hydrogen (secondary N) is 1. The predicted octanol–water partition coefficient (Wildman–Crippen LogP) is 1.62. The minimum absolute atomic E-state index is 0.264. The van der Waals surface area contributed by atoms with Crippen molar-refractivity contribution >= 4 is 23.2 Å². The summed E-state index contributed by atoms with van der Waals surface area (Å²) < 4.78 is 0. The van der Waals surface area contributed by atoms with Gasteiger partial charge in [-0.1, -0.05) is 17.7 Å². The lowest BCUT2D eigenvalue weighted by atomic mass is 10.1. The first-order chi connectivity index (χ1) is 12.6. The molecule has 2 fully saturated rings. The molecular formula is C19H30ClN5O. The average Bonchev–Trinajstić information content (AvgIpc) is 3.06. The van der Waals surface area contributed by atoms with Gasteiger partial charge in [0.25, 0.3) is 0 Å². The molecule has 2 saturated heterocycles. The van der Waals surface area contributed by atoms with Gasteiger partial charge in [0.2, 0.25) is 0 Å². The van der Waals surface area contributed by atoms with Crippen molar-refractivity contribution in [1.82, 2.24) is 15.1 Å². The highest BCUT2D eigenvalue weighted by Crippen LogP contribution is 2.29. The summed E-state index contributed by atoms with van der Waals surface area (Å²) in [5.41, 5.74) is 2.26. The van der Waals surface area contributed by atoms with Crippen LogP contribution >= 0.6 is 11.6 Å². The molecule has 0 saturated carbocycles. The maximum atomic E-state index is 9.83. The number of aliphatic hydroxyl groups excluding tert-OH is 1. The summed E-state index contributed by atoms with van der Waals surface area (Å²) in [5.74, 6) is 0.855. The molecule has 2 N–H and O–H groups in total. The number of benzene rings is 1. The zero-order valence-corrected chi connectivity index (χ0v) is 16.5. The number of β-amino-alcohol motifs (C(OH)–C–C–N with tert-alkyl or cyclic N) is 1. The smallest absolute Gasteiger partial charge is 0.194 e. The second-order valence-corrected chi connectivity index (χ2v) is 7.49. The van der Waals surface area contributed by atoms with E-state index in [2.05, 4.69) is 40.1 Å². The summed E-state index contributed by atoms with van der Waals surface area (Å²) in [6.45, 7) is 9.01. The summed E-state index contributed by atoms with van der Waals surface area (Å²) in [6.07, 6.45) is 0.531. The molecule has 7 heteroatoms. The quantitative estimate of drug-likeness (QED) is 0.615.